The predicted molar refractivity (Wildman–Crippen MR) is 63.9 cm³/mol. The molecule has 1 aromatic rings. The topological polar surface area (TPSA) is 71.4 Å². The van der Waals surface area contributed by atoms with Crippen LogP contribution in [0.2, 0.25) is 0 Å². The first kappa shape index (κ1) is 13.1. The molecular weight excluding hydrogens is 248 g/mol. The molecule has 0 heterocycles. The van der Waals surface area contributed by atoms with Crippen molar-refractivity contribution in [2.24, 2.45) is 0 Å². The van der Waals surface area contributed by atoms with Crippen LogP contribution in [0.1, 0.15) is 21.5 Å². The highest BCUT2D eigenvalue weighted by Crippen LogP contribution is 2.27. The molecule has 16 heavy (non-hydrogen) atoms. The van der Waals surface area contributed by atoms with Gasteiger partial charge in [-0.25, -0.2) is 13.2 Å². The van der Waals surface area contributed by atoms with Gasteiger partial charge in [-0.2, -0.15) is 0 Å². The number of carboxylic acid groups (broad SMARTS) is 1. The molecule has 0 aliphatic carbocycles. The highest BCUT2D eigenvalue weighted by molar-refractivity contribution is 7.98. The third-order valence-corrected chi connectivity index (χ3v) is 3.80. The lowest BCUT2D eigenvalue weighted by Gasteiger charge is -2.10. The number of carbonyl (C=O) groups is 1. The first-order valence-electron chi connectivity index (χ1n) is 4.49. The van der Waals surface area contributed by atoms with Crippen LogP contribution in [-0.2, 0) is 16.5 Å². The number of thioether (sulfide) groups is 1. The van der Waals surface area contributed by atoms with Crippen LogP contribution in [0.3, 0.4) is 0 Å². The van der Waals surface area contributed by atoms with Crippen molar-refractivity contribution in [1.82, 2.24) is 0 Å². The predicted octanol–water partition coefficient (Wildman–Crippen LogP) is 1.53. The van der Waals surface area contributed by atoms with Gasteiger partial charge in [0.25, 0.3) is 0 Å². The quantitative estimate of drug-likeness (QED) is 0.634. The van der Waals surface area contributed by atoms with Crippen molar-refractivity contribution in [1.29, 1.82) is 0 Å². The van der Waals surface area contributed by atoms with E-state index in [4.69, 9.17) is 5.11 Å². The Bertz CT molecular complexity index is 484. The Labute approximate surface area is 99.6 Å². The summed E-state index contributed by atoms with van der Waals surface area (Å²) in [4.78, 5) is 11.6. The summed E-state index contributed by atoms with van der Waals surface area (Å²) in [6.45, 7) is 1.69. The minimum Gasteiger partial charge on any atom is -0.478 e. The Hall–Kier alpha value is -1.01. The molecule has 0 saturated heterocycles. The highest BCUT2D eigenvalue weighted by Gasteiger charge is 2.13. The third kappa shape index (κ3) is 2.76. The summed E-state index contributed by atoms with van der Waals surface area (Å²) in [5.41, 5.74) is 1.50. The second-order valence-corrected chi connectivity index (χ2v) is 5.02. The Morgan fingerprint density at radius 2 is 2.06 bits per heavy atom. The van der Waals surface area contributed by atoms with Crippen LogP contribution in [-0.4, -0.2) is 25.7 Å². The summed E-state index contributed by atoms with van der Waals surface area (Å²) in [6.07, 6.45) is 1.80. The minimum absolute atomic E-state index is 0.0494. The van der Waals surface area contributed by atoms with Gasteiger partial charge >= 0.3 is 5.97 Å². The van der Waals surface area contributed by atoms with Gasteiger partial charge in [-0.05, 0) is 30.4 Å². The lowest BCUT2D eigenvalue weighted by atomic mass is 10.1. The second-order valence-electron chi connectivity index (χ2n) is 3.23. The molecule has 0 bridgehead atoms. The molecular formula is C10H12O4S2. The van der Waals surface area contributed by atoms with Gasteiger partial charge in [-0.1, -0.05) is 6.07 Å². The Kier molecular flexibility index (Phi) is 4.37. The Morgan fingerprint density at radius 3 is 2.50 bits per heavy atom. The van der Waals surface area contributed by atoms with E-state index in [0.29, 0.717) is 11.1 Å². The van der Waals surface area contributed by atoms with E-state index in [1.807, 2.05) is 0 Å². The number of thiol groups is 1. The van der Waals surface area contributed by atoms with E-state index >= 15 is 0 Å². The molecule has 0 aliphatic rings. The molecule has 0 unspecified atom stereocenters. The standard InChI is InChI=1S/C10H12O4S2/c1-6-8(10(11)12)4-3-7(5-16(13)14)9(6)15-2/h3-4,16H,5H2,1-2H3,(H,11,12). The van der Waals surface area contributed by atoms with Crippen LogP contribution < -0.4 is 0 Å². The largest absolute Gasteiger partial charge is 0.478 e. The van der Waals surface area contributed by atoms with Crippen LogP contribution in [0.4, 0.5) is 0 Å². The number of hydrogen-bond acceptors (Lipinski definition) is 4. The van der Waals surface area contributed by atoms with Crippen molar-refractivity contribution < 1.29 is 18.3 Å². The van der Waals surface area contributed by atoms with Gasteiger partial charge in [-0.15, -0.1) is 11.8 Å². The van der Waals surface area contributed by atoms with Crippen molar-refractivity contribution in [3.05, 3.63) is 28.8 Å². The van der Waals surface area contributed by atoms with Gasteiger partial charge in [0.05, 0.1) is 11.3 Å². The first-order valence-corrected chi connectivity index (χ1v) is 7.07. The van der Waals surface area contributed by atoms with Gasteiger partial charge in [0.15, 0.2) is 0 Å². The average Bonchev–Trinajstić information content (AvgIpc) is 2.16. The highest BCUT2D eigenvalue weighted by atomic mass is 32.2. The maximum absolute atomic E-state index is 10.9. The molecule has 0 saturated carbocycles. The van der Waals surface area contributed by atoms with Gasteiger partial charge in [-0.3, -0.25) is 0 Å². The number of aromatic carboxylic acids is 1. The number of rotatable bonds is 4. The molecule has 0 fully saturated rings. The van der Waals surface area contributed by atoms with E-state index in [-0.39, 0.29) is 11.3 Å². The van der Waals surface area contributed by atoms with Gasteiger partial charge in [0.1, 0.15) is 10.7 Å². The van der Waals surface area contributed by atoms with E-state index < -0.39 is 16.7 Å². The SMILES string of the molecule is CSc1c(C[SH](=O)=O)ccc(C(=O)O)c1C. The Balaban J connectivity index is 3.34. The molecule has 1 aromatic carbocycles. The van der Waals surface area contributed by atoms with Gasteiger partial charge < -0.3 is 5.11 Å². The zero-order chi connectivity index (χ0) is 12.3. The molecule has 0 spiro atoms. The molecule has 0 amide bonds. The first-order chi connectivity index (χ1) is 7.47. The van der Waals surface area contributed by atoms with E-state index in [1.54, 1.807) is 19.2 Å². The zero-order valence-corrected chi connectivity index (χ0v) is 10.6. The normalized spacial score (nSPS) is 10.7. The lowest BCUT2D eigenvalue weighted by molar-refractivity contribution is 0.0696. The number of hydrogen-bond donors (Lipinski definition) is 2. The monoisotopic (exact) mass is 260 g/mol. The van der Waals surface area contributed by atoms with Crippen LogP contribution in [0.25, 0.3) is 0 Å². The van der Waals surface area contributed by atoms with Crippen LogP contribution in [0, 0.1) is 6.92 Å². The smallest absolute Gasteiger partial charge is 0.335 e. The van der Waals surface area contributed by atoms with Crippen molar-refractivity contribution >= 4 is 28.4 Å². The van der Waals surface area contributed by atoms with E-state index in [2.05, 4.69) is 0 Å². The van der Waals surface area contributed by atoms with Crippen LogP contribution >= 0.6 is 11.8 Å². The summed E-state index contributed by atoms with van der Waals surface area (Å²) < 4.78 is 21.4. The lowest BCUT2D eigenvalue weighted by Crippen LogP contribution is -2.03. The maximum Gasteiger partial charge on any atom is 0.335 e. The molecule has 4 nitrogen and oxygen atoms in total. The summed E-state index contributed by atoms with van der Waals surface area (Å²) in [5.74, 6) is -1.04. The summed E-state index contributed by atoms with van der Waals surface area (Å²) >= 11 is 1.36. The van der Waals surface area contributed by atoms with E-state index in [0.717, 1.165) is 4.90 Å². The molecule has 0 radical (unpaired) electrons. The molecule has 1 rings (SSSR count). The number of benzene rings is 1. The minimum atomic E-state index is -2.50. The fourth-order valence-electron chi connectivity index (χ4n) is 1.53. The number of carboxylic acids is 1. The molecule has 0 aromatic heterocycles. The maximum atomic E-state index is 10.9. The molecule has 0 aliphatic heterocycles. The molecule has 88 valence electrons. The summed E-state index contributed by atoms with van der Waals surface area (Å²) in [5, 5.41) is 8.93. The van der Waals surface area contributed by atoms with Crippen molar-refractivity contribution in [2.75, 3.05) is 6.26 Å². The van der Waals surface area contributed by atoms with Gasteiger partial charge in [0.2, 0.25) is 0 Å². The summed E-state index contributed by atoms with van der Waals surface area (Å²) in [6, 6.07) is 3.01. The molecule has 1 N–H and O–H groups in total. The van der Waals surface area contributed by atoms with Crippen LogP contribution in [0.5, 0.6) is 0 Å². The molecule has 6 heteroatoms. The van der Waals surface area contributed by atoms with E-state index in [9.17, 15) is 13.2 Å². The summed E-state index contributed by atoms with van der Waals surface area (Å²) in [7, 11) is -2.50. The van der Waals surface area contributed by atoms with Crippen LogP contribution in [0.15, 0.2) is 17.0 Å². The molecule has 0 atom stereocenters. The zero-order valence-electron chi connectivity index (χ0n) is 8.89. The average molecular weight is 260 g/mol. The third-order valence-electron chi connectivity index (χ3n) is 2.22. The van der Waals surface area contributed by atoms with E-state index in [1.165, 1.54) is 17.8 Å². The Morgan fingerprint density at radius 1 is 1.44 bits per heavy atom. The second kappa shape index (κ2) is 5.36. The van der Waals surface area contributed by atoms with Crippen molar-refractivity contribution in [3.63, 3.8) is 0 Å². The van der Waals surface area contributed by atoms with Gasteiger partial charge in [0, 0.05) is 4.90 Å². The van der Waals surface area contributed by atoms with Crippen molar-refractivity contribution in [3.8, 4) is 0 Å². The fourth-order valence-corrected chi connectivity index (χ4v) is 2.99. The van der Waals surface area contributed by atoms with Crippen molar-refractivity contribution in [2.45, 2.75) is 17.6 Å². The fraction of sp³-hybridized carbons (Fsp3) is 0.300.